The van der Waals surface area contributed by atoms with Crippen LogP contribution in [-0.2, 0) is 0 Å². The molecule has 2 heteroatoms. The second-order valence-corrected chi connectivity index (χ2v) is 10.2. The van der Waals surface area contributed by atoms with E-state index in [0.29, 0.717) is 0 Å². The maximum absolute atomic E-state index is 3.31. The summed E-state index contributed by atoms with van der Waals surface area (Å²) in [4.78, 5) is 2.57. The van der Waals surface area contributed by atoms with Gasteiger partial charge in [-0.25, -0.2) is 0 Å². The highest BCUT2D eigenvalue weighted by molar-refractivity contribution is 7.99. The summed E-state index contributed by atoms with van der Waals surface area (Å²) < 4.78 is 0. The quantitative estimate of drug-likeness (QED) is 0.141. The van der Waals surface area contributed by atoms with Crippen molar-refractivity contribution in [3.05, 3.63) is 119 Å². The minimum Gasteiger partial charge on any atom is -0.129 e. The van der Waals surface area contributed by atoms with Crippen molar-refractivity contribution in [2.75, 3.05) is 12.5 Å². The monoisotopic (exact) mass is 486 g/mol. The first kappa shape index (κ1) is 23.4. The molecule has 35 heavy (non-hydrogen) atoms. The predicted octanol–water partition coefficient (Wildman–Crippen LogP) is 9.32. The van der Waals surface area contributed by atoms with Crippen molar-refractivity contribution in [3.8, 4) is 11.8 Å². The third kappa shape index (κ3) is 5.33. The Balaban J connectivity index is 1.50. The molecule has 0 saturated heterocycles. The van der Waals surface area contributed by atoms with Crippen LogP contribution < -0.4 is 0 Å². The molecule has 0 unspecified atom stereocenters. The predicted molar refractivity (Wildman–Crippen MR) is 158 cm³/mol. The van der Waals surface area contributed by atoms with Gasteiger partial charge >= 0.3 is 0 Å². The van der Waals surface area contributed by atoms with Gasteiger partial charge in [0, 0.05) is 20.9 Å². The molecule has 0 aliphatic heterocycles. The van der Waals surface area contributed by atoms with E-state index in [1.807, 2.05) is 30.3 Å². The Hall–Kier alpha value is -3.38. The number of hydrogen-bond acceptors (Lipinski definition) is 2. The highest BCUT2D eigenvalue weighted by Crippen LogP contribution is 2.32. The number of aryl methyl sites for hydroxylation is 1. The highest BCUT2D eigenvalue weighted by Gasteiger charge is 2.06. The van der Waals surface area contributed by atoms with Crippen LogP contribution in [0.15, 0.2) is 101 Å². The average Bonchev–Trinajstić information content (AvgIpc) is 2.90. The van der Waals surface area contributed by atoms with Crippen LogP contribution in [0.5, 0.6) is 0 Å². The molecule has 5 aromatic carbocycles. The van der Waals surface area contributed by atoms with Crippen molar-refractivity contribution < 1.29 is 0 Å². The maximum atomic E-state index is 3.31. The Morgan fingerprint density at radius 3 is 1.74 bits per heavy atom. The molecule has 0 bridgehead atoms. The third-order valence-corrected chi connectivity index (χ3v) is 7.69. The molecule has 0 aliphatic rings. The van der Waals surface area contributed by atoms with Gasteiger partial charge in [0.2, 0.25) is 0 Å². The Kier molecular flexibility index (Phi) is 7.00. The molecule has 0 heterocycles. The molecule has 5 rings (SSSR count). The molecule has 0 N–H and O–H groups in total. The van der Waals surface area contributed by atoms with E-state index in [1.165, 1.54) is 48.0 Å². The van der Waals surface area contributed by atoms with Crippen LogP contribution in [0.25, 0.3) is 33.7 Å². The second-order valence-electron chi connectivity index (χ2n) is 8.55. The Labute approximate surface area is 216 Å². The summed E-state index contributed by atoms with van der Waals surface area (Å²) in [6.07, 6.45) is 8.80. The summed E-state index contributed by atoms with van der Waals surface area (Å²) in [7, 11) is 0. The van der Waals surface area contributed by atoms with Gasteiger partial charge in [0.1, 0.15) is 0 Å². The van der Waals surface area contributed by atoms with Gasteiger partial charge in [0.25, 0.3) is 0 Å². The van der Waals surface area contributed by atoms with Crippen LogP contribution in [0.3, 0.4) is 0 Å². The summed E-state index contributed by atoms with van der Waals surface area (Å²) in [5.41, 5.74) is 5.86. The highest BCUT2D eigenvalue weighted by atomic mass is 32.2. The van der Waals surface area contributed by atoms with Gasteiger partial charge in [-0.3, -0.25) is 0 Å². The molecular formula is C33H26S2. The SMILES string of the molecule is CSc1cc2cc(C)ccc2cc1/C=C/c1cc2ccc(C#Cc3ccccc3)cc2cc1SC. The molecule has 0 aromatic heterocycles. The zero-order valence-electron chi connectivity index (χ0n) is 20.1. The summed E-state index contributed by atoms with van der Waals surface area (Å²) in [6, 6.07) is 32.4. The summed E-state index contributed by atoms with van der Waals surface area (Å²) in [5.74, 6) is 6.57. The summed E-state index contributed by atoms with van der Waals surface area (Å²) in [5, 5.41) is 5.03. The molecule has 170 valence electrons. The number of thioether (sulfide) groups is 2. The Morgan fingerprint density at radius 2 is 1.11 bits per heavy atom. The van der Waals surface area contributed by atoms with Crippen LogP contribution in [0.1, 0.15) is 27.8 Å². The molecule has 0 fully saturated rings. The van der Waals surface area contributed by atoms with Crippen molar-refractivity contribution >= 4 is 57.2 Å². The lowest BCUT2D eigenvalue weighted by Crippen LogP contribution is -1.85. The van der Waals surface area contributed by atoms with Gasteiger partial charge in [0.05, 0.1) is 0 Å². The normalized spacial score (nSPS) is 11.2. The summed E-state index contributed by atoms with van der Waals surface area (Å²) in [6.45, 7) is 2.15. The number of hydrogen-bond donors (Lipinski definition) is 0. The smallest absolute Gasteiger partial charge is 0.0255 e. The molecule has 0 aliphatic carbocycles. The van der Waals surface area contributed by atoms with E-state index in [1.54, 1.807) is 23.5 Å². The number of benzene rings is 5. The van der Waals surface area contributed by atoms with E-state index in [9.17, 15) is 0 Å². The van der Waals surface area contributed by atoms with Crippen molar-refractivity contribution in [3.63, 3.8) is 0 Å². The lowest BCUT2D eigenvalue weighted by molar-refractivity contribution is 1.44. The van der Waals surface area contributed by atoms with E-state index < -0.39 is 0 Å². The van der Waals surface area contributed by atoms with E-state index in [-0.39, 0.29) is 0 Å². The fourth-order valence-electron chi connectivity index (χ4n) is 4.25. The van der Waals surface area contributed by atoms with Gasteiger partial charge in [-0.15, -0.1) is 23.5 Å². The third-order valence-electron chi connectivity index (χ3n) is 6.10. The summed E-state index contributed by atoms with van der Waals surface area (Å²) >= 11 is 3.58. The molecule has 0 atom stereocenters. The van der Waals surface area contributed by atoms with Crippen molar-refractivity contribution in [2.24, 2.45) is 0 Å². The first-order chi connectivity index (χ1) is 17.1. The van der Waals surface area contributed by atoms with Gasteiger partial charge in [-0.2, -0.15) is 0 Å². The lowest BCUT2D eigenvalue weighted by Gasteiger charge is -2.09. The van der Waals surface area contributed by atoms with Gasteiger partial charge in [-0.05, 0) is 101 Å². The standard InChI is InChI=1S/C33H26S2/c1-23-9-13-26-19-28(32(34-2)21-30(26)17-23)15-16-29-20-27-14-12-25(18-31(27)22-33(29)35-3)11-10-24-7-5-4-6-8-24/h4-9,12-22H,1-3H3/b16-15+. The van der Waals surface area contributed by atoms with Crippen LogP contribution in [-0.4, -0.2) is 12.5 Å². The van der Waals surface area contributed by atoms with Crippen molar-refractivity contribution in [1.82, 2.24) is 0 Å². The largest absolute Gasteiger partial charge is 0.129 e. The zero-order valence-corrected chi connectivity index (χ0v) is 21.8. The van der Waals surface area contributed by atoms with Crippen molar-refractivity contribution in [1.29, 1.82) is 0 Å². The fraction of sp³-hybridized carbons (Fsp3) is 0.0909. The van der Waals surface area contributed by atoms with E-state index in [4.69, 9.17) is 0 Å². The molecule has 0 nitrogen and oxygen atoms in total. The Morgan fingerprint density at radius 1 is 0.543 bits per heavy atom. The molecule has 0 radical (unpaired) electrons. The first-order valence-electron chi connectivity index (χ1n) is 11.6. The molecule has 0 saturated carbocycles. The minimum atomic E-state index is 1.03. The first-order valence-corrected chi connectivity index (χ1v) is 14.0. The van der Waals surface area contributed by atoms with Gasteiger partial charge in [0.15, 0.2) is 0 Å². The minimum absolute atomic E-state index is 1.03. The average molecular weight is 487 g/mol. The molecule has 5 aromatic rings. The van der Waals surface area contributed by atoms with Crippen LogP contribution in [0.2, 0.25) is 0 Å². The van der Waals surface area contributed by atoms with Crippen molar-refractivity contribution in [2.45, 2.75) is 16.7 Å². The maximum Gasteiger partial charge on any atom is 0.0255 e. The lowest BCUT2D eigenvalue weighted by atomic mass is 10.0. The zero-order chi connectivity index (χ0) is 24.2. The topological polar surface area (TPSA) is 0 Å². The Bertz CT molecular complexity index is 1620. The number of rotatable bonds is 4. The molecule has 0 amide bonds. The fourth-order valence-corrected chi connectivity index (χ4v) is 5.46. The van der Waals surface area contributed by atoms with Crippen LogP contribution >= 0.6 is 23.5 Å². The number of fused-ring (bicyclic) bond motifs is 2. The van der Waals surface area contributed by atoms with E-state index >= 15 is 0 Å². The van der Waals surface area contributed by atoms with Gasteiger partial charge in [-0.1, -0.05) is 72.0 Å². The van der Waals surface area contributed by atoms with E-state index in [0.717, 1.165) is 11.1 Å². The van der Waals surface area contributed by atoms with Crippen LogP contribution in [0, 0.1) is 18.8 Å². The molecule has 0 spiro atoms. The van der Waals surface area contributed by atoms with Gasteiger partial charge < -0.3 is 0 Å². The van der Waals surface area contributed by atoms with E-state index in [2.05, 4.69) is 104 Å². The molecular weight excluding hydrogens is 460 g/mol. The van der Waals surface area contributed by atoms with Crippen LogP contribution in [0.4, 0.5) is 0 Å². The second kappa shape index (κ2) is 10.5.